The molecule has 2 amide bonds. The molecule has 46 heavy (non-hydrogen) atoms. The van der Waals surface area contributed by atoms with Gasteiger partial charge in [0.15, 0.2) is 0 Å². The lowest BCUT2D eigenvalue weighted by Crippen LogP contribution is -2.51. The molecule has 0 bridgehead atoms. The van der Waals surface area contributed by atoms with Crippen LogP contribution in [0.2, 0.25) is 0 Å². The Kier molecular flexibility index (Phi) is 14.7. The van der Waals surface area contributed by atoms with Gasteiger partial charge in [0.1, 0.15) is 12.1 Å². The number of amides is 2. The number of hydrogen-bond acceptors (Lipinski definition) is 4. The molecule has 6 heteroatoms. The zero-order valence-corrected chi connectivity index (χ0v) is 30.1. The number of hydrogen-bond donors (Lipinski definition) is 1. The SMILES string of the molecule is CCCCCCCC1CCC(CC(=O)N(CCC)[C@@H](CC(C)C2=C(C)[C@@H](C)[C@H](c3ccccc3)O2)C(=O)NCc2cccs2)CC1. The summed E-state index contributed by atoms with van der Waals surface area (Å²) in [5.74, 6) is 2.57. The van der Waals surface area contributed by atoms with Crippen LogP contribution in [0.5, 0.6) is 0 Å². The van der Waals surface area contributed by atoms with Crippen LogP contribution < -0.4 is 5.32 Å². The molecule has 2 aromatic rings. The standard InChI is InChI=1S/C40H60N2O3S/c1-6-8-9-10-12-16-32-20-22-33(23-21-32)27-37(43)42(24-7-2)36(40(44)41-28-35-19-15-25-46-35)26-29(3)38-30(4)31(5)39(45-38)34-17-13-11-14-18-34/h11,13-15,17-19,25,29,31-33,36,39H,6-10,12,16,20-24,26-28H2,1-5H3,(H,41,44)/t29?,31-,32?,33?,36+,39-/m1/s1. The van der Waals surface area contributed by atoms with Gasteiger partial charge >= 0.3 is 0 Å². The Morgan fingerprint density at radius 2 is 1.67 bits per heavy atom. The van der Waals surface area contributed by atoms with Gasteiger partial charge in [-0.2, -0.15) is 0 Å². The number of carbonyl (C=O) groups is 2. The molecule has 4 rings (SSSR count). The van der Waals surface area contributed by atoms with Crippen molar-refractivity contribution in [2.75, 3.05) is 6.54 Å². The van der Waals surface area contributed by atoms with Gasteiger partial charge < -0.3 is 15.0 Å². The molecule has 1 aromatic carbocycles. The summed E-state index contributed by atoms with van der Waals surface area (Å²) in [4.78, 5) is 31.1. The molecule has 2 heterocycles. The van der Waals surface area contributed by atoms with Crippen LogP contribution in [0, 0.1) is 23.7 Å². The van der Waals surface area contributed by atoms with Crippen LogP contribution in [0.4, 0.5) is 0 Å². The number of benzene rings is 1. The zero-order valence-electron chi connectivity index (χ0n) is 29.3. The van der Waals surface area contributed by atoms with E-state index in [1.807, 2.05) is 28.5 Å². The third-order valence-corrected chi connectivity index (χ3v) is 11.4. The molecule has 1 aromatic heterocycles. The highest BCUT2D eigenvalue weighted by Gasteiger charge is 2.38. The number of nitrogens with one attached hydrogen (secondary N) is 1. The van der Waals surface area contributed by atoms with Crippen molar-refractivity contribution in [2.45, 2.75) is 137 Å². The molecule has 1 aliphatic heterocycles. The Bertz CT molecular complexity index is 1220. The number of rotatable bonds is 18. The lowest BCUT2D eigenvalue weighted by molar-refractivity contribution is -0.142. The molecule has 4 atom stereocenters. The van der Waals surface area contributed by atoms with E-state index in [4.69, 9.17) is 4.74 Å². The number of thiophene rings is 1. The molecule has 0 radical (unpaired) electrons. The molecule has 0 spiro atoms. The number of carbonyl (C=O) groups excluding carboxylic acids is 2. The minimum atomic E-state index is -0.531. The molecule has 1 N–H and O–H groups in total. The van der Waals surface area contributed by atoms with Crippen molar-refractivity contribution < 1.29 is 14.3 Å². The number of ether oxygens (including phenoxy) is 1. The highest BCUT2D eigenvalue weighted by atomic mass is 32.1. The average Bonchev–Trinajstić information content (AvgIpc) is 3.70. The van der Waals surface area contributed by atoms with E-state index in [1.165, 1.54) is 62.5 Å². The first-order valence-corrected chi connectivity index (χ1v) is 19.2. The summed E-state index contributed by atoms with van der Waals surface area (Å²) in [6.45, 7) is 12.0. The zero-order chi connectivity index (χ0) is 32.9. The maximum atomic E-state index is 14.1. The van der Waals surface area contributed by atoms with Crippen molar-refractivity contribution in [3.8, 4) is 0 Å². The van der Waals surface area contributed by atoms with Gasteiger partial charge in [0.2, 0.25) is 11.8 Å². The number of unbranched alkanes of at least 4 members (excludes halogenated alkanes) is 4. The quantitative estimate of drug-likeness (QED) is 0.164. The summed E-state index contributed by atoms with van der Waals surface area (Å²) >= 11 is 1.64. The van der Waals surface area contributed by atoms with Crippen molar-refractivity contribution in [2.24, 2.45) is 23.7 Å². The lowest BCUT2D eigenvalue weighted by atomic mass is 9.78. The van der Waals surface area contributed by atoms with Crippen LogP contribution in [0.25, 0.3) is 0 Å². The molecule has 2 aliphatic rings. The number of nitrogens with zero attached hydrogens (tertiary/aromatic N) is 1. The van der Waals surface area contributed by atoms with Gasteiger partial charge in [0.05, 0.1) is 12.3 Å². The maximum absolute atomic E-state index is 14.1. The predicted octanol–water partition coefficient (Wildman–Crippen LogP) is 10.2. The van der Waals surface area contributed by atoms with Crippen LogP contribution in [0.15, 0.2) is 59.2 Å². The topological polar surface area (TPSA) is 58.6 Å². The third kappa shape index (κ3) is 10.2. The van der Waals surface area contributed by atoms with Crippen molar-refractivity contribution in [3.05, 3.63) is 69.6 Å². The monoisotopic (exact) mass is 648 g/mol. The van der Waals surface area contributed by atoms with E-state index >= 15 is 0 Å². The first kappa shape index (κ1) is 36.2. The van der Waals surface area contributed by atoms with Gasteiger partial charge in [-0.05, 0) is 67.0 Å². The fraction of sp³-hybridized carbons (Fsp3) is 0.650. The summed E-state index contributed by atoms with van der Waals surface area (Å²) in [5.41, 5.74) is 2.42. The van der Waals surface area contributed by atoms with E-state index < -0.39 is 6.04 Å². The van der Waals surface area contributed by atoms with Crippen LogP contribution in [-0.2, 0) is 20.9 Å². The molecule has 0 saturated heterocycles. The maximum Gasteiger partial charge on any atom is 0.243 e. The molecule has 5 nitrogen and oxygen atoms in total. The first-order chi connectivity index (χ1) is 22.3. The molecule has 254 valence electrons. The summed E-state index contributed by atoms with van der Waals surface area (Å²) in [6, 6.07) is 13.9. The van der Waals surface area contributed by atoms with Gasteiger partial charge in [-0.1, -0.05) is 115 Å². The second kappa shape index (κ2) is 18.7. The largest absolute Gasteiger partial charge is 0.489 e. The second-order valence-electron chi connectivity index (χ2n) is 14.1. The van der Waals surface area contributed by atoms with E-state index in [0.717, 1.165) is 35.8 Å². The normalized spacial score (nSPS) is 22.7. The van der Waals surface area contributed by atoms with Crippen LogP contribution in [-0.4, -0.2) is 29.3 Å². The minimum absolute atomic E-state index is 0.00794. The van der Waals surface area contributed by atoms with E-state index in [1.54, 1.807) is 11.3 Å². The Labute approximate surface area is 283 Å². The fourth-order valence-electron chi connectivity index (χ4n) is 7.63. The van der Waals surface area contributed by atoms with E-state index in [9.17, 15) is 9.59 Å². The third-order valence-electron chi connectivity index (χ3n) is 10.6. The van der Waals surface area contributed by atoms with Crippen molar-refractivity contribution in [1.29, 1.82) is 0 Å². The van der Waals surface area contributed by atoms with Crippen LogP contribution in [0.3, 0.4) is 0 Å². The predicted molar refractivity (Wildman–Crippen MR) is 191 cm³/mol. The first-order valence-electron chi connectivity index (χ1n) is 18.3. The van der Waals surface area contributed by atoms with E-state index in [-0.39, 0.29) is 29.8 Å². The van der Waals surface area contributed by atoms with Crippen LogP contribution in [0.1, 0.15) is 135 Å². The van der Waals surface area contributed by atoms with Crippen molar-refractivity contribution in [1.82, 2.24) is 10.2 Å². The molecule has 1 unspecified atom stereocenters. The summed E-state index contributed by atoms with van der Waals surface area (Å²) in [5, 5.41) is 5.23. The minimum Gasteiger partial charge on any atom is -0.489 e. The molecule has 1 saturated carbocycles. The van der Waals surface area contributed by atoms with E-state index in [2.05, 4.69) is 64.2 Å². The summed E-state index contributed by atoms with van der Waals surface area (Å²) in [6.07, 6.45) is 14.7. The molecular weight excluding hydrogens is 589 g/mol. The number of allylic oxidation sites excluding steroid dienone is 1. The summed E-state index contributed by atoms with van der Waals surface area (Å²) < 4.78 is 6.66. The van der Waals surface area contributed by atoms with E-state index in [0.29, 0.717) is 31.8 Å². The van der Waals surface area contributed by atoms with Crippen LogP contribution >= 0.6 is 11.3 Å². The highest BCUT2D eigenvalue weighted by molar-refractivity contribution is 7.09. The Morgan fingerprint density at radius 3 is 2.35 bits per heavy atom. The summed E-state index contributed by atoms with van der Waals surface area (Å²) in [7, 11) is 0. The van der Waals surface area contributed by atoms with Gasteiger partial charge in [0, 0.05) is 29.7 Å². The molecule has 1 fully saturated rings. The lowest BCUT2D eigenvalue weighted by Gasteiger charge is -2.35. The smallest absolute Gasteiger partial charge is 0.243 e. The average molecular weight is 649 g/mol. The Morgan fingerprint density at radius 1 is 0.957 bits per heavy atom. The van der Waals surface area contributed by atoms with Crippen molar-refractivity contribution >= 4 is 23.2 Å². The van der Waals surface area contributed by atoms with Gasteiger partial charge in [-0.3, -0.25) is 9.59 Å². The van der Waals surface area contributed by atoms with Gasteiger partial charge in [-0.25, -0.2) is 0 Å². The second-order valence-corrected chi connectivity index (χ2v) is 15.1. The molecular formula is C40H60N2O3S. The Balaban J connectivity index is 1.43. The van der Waals surface area contributed by atoms with Gasteiger partial charge in [0.25, 0.3) is 0 Å². The highest BCUT2D eigenvalue weighted by Crippen LogP contribution is 2.44. The van der Waals surface area contributed by atoms with Crippen molar-refractivity contribution in [3.63, 3.8) is 0 Å². The Hall–Kier alpha value is -2.60. The van der Waals surface area contributed by atoms with Gasteiger partial charge in [-0.15, -0.1) is 11.3 Å². The molecule has 1 aliphatic carbocycles. The fourth-order valence-corrected chi connectivity index (χ4v) is 8.28.